The van der Waals surface area contributed by atoms with Crippen molar-refractivity contribution in [3.63, 3.8) is 0 Å². The second kappa shape index (κ2) is 6.31. The summed E-state index contributed by atoms with van der Waals surface area (Å²) in [5.41, 5.74) is 8.81. The number of benzene rings is 2. The van der Waals surface area contributed by atoms with E-state index in [9.17, 15) is 0 Å². The summed E-state index contributed by atoms with van der Waals surface area (Å²) >= 11 is 0. The van der Waals surface area contributed by atoms with Gasteiger partial charge in [0.2, 0.25) is 0 Å². The molecule has 0 amide bonds. The molecule has 2 unspecified atom stereocenters. The molecule has 0 aliphatic heterocycles. The zero-order chi connectivity index (χ0) is 15.5. The van der Waals surface area contributed by atoms with Crippen LogP contribution in [0.3, 0.4) is 0 Å². The standard InChI is InChI=1S/C19H25NO/c1-14(18(20)15-8-6-5-7-9-15)21-17-12-10-16(11-13-17)19(2,3)4/h5-14,18H,20H2,1-4H3. The molecule has 2 N–H and O–H groups in total. The van der Waals surface area contributed by atoms with E-state index in [0.29, 0.717) is 0 Å². The first kappa shape index (κ1) is 15.6. The van der Waals surface area contributed by atoms with Crippen molar-refractivity contribution in [2.75, 3.05) is 0 Å². The van der Waals surface area contributed by atoms with E-state index in [2.05, 4.69) is 32.9 Å². The predicted octanol–water partition coefficient (Wildman–Crippen LogP) is 4.45. The fourth-order valence-corrected chi connectivity index (χ4v) is 2.27. The number of hydrogen-bond acceptors (Lipinski definition) is 2. The second-order valence-electron chi connectivity index (χ2n) is 6.53. The summed E-state index contributed by atoms with van der Waals surface area (Å²) in [7, 11) is 0. The average molecular weight is 283 g/mol. The van der Waals surface area contributed by atoms with Crippen molar-refractivity contribution in [2.24, 2.45) is 5.73 Å². The Morgan fingerprint density at radius 2 is 1.48 bits per heavy atom. The Labute approximate surface area is 127 Å². The molecule has 2 heteroatoms. The lowest BCUT2D eigenvalue weighted by Gasteiger charge is -2.23. The maximum atomic E-state index is 6.26. The number of ether oxygens (including phenoxy) is 1. The van der Waals surface area contributed by atoms with E-state index < -0.39 is 0 Å². The Morgan fingerprint density at radius 1 is 0.905 bits per heavy atom. The first-order chi connectivity index (χ1) is 9.88. The van der Waals surface area contributed by atoms with Gasteiger partial charge in [-0.3, -0.25) is 0 Å². The van der Waals surface area contributed by atoms with Gasteiger partial charge in [-0.15, -0.1) is 0 Å². The third-order valence-electron chi connectivity index (χ3n) is 3.73. The van der Waals surface area contributed by atoms with Gasteiger partial charge in [-0.1, -0.05) is 63.2 Å². The van der Waals surface area contributed by atoms with Crippen LogP contribution < -0.4 is 10.5 Å². The summed E-state index contributed by atoms with van der Waals surface area (Å²) < 4.78 is 5.97. The van der Waals surface area contributed by atoms with Crippen LogP contribution in [0, 0.1) is 0 Å². The molecule has 2 atom stereocenters. The molecule has 0 bridgehead atoms. The summed E-state index contributed by atoms with van der Waals surface area (Å²) in [5.74, 6) is 0.863. The molecule has 0 spiro atoms. The zero-order valence-electron chi connectivity index (χ0n) is 13.3. The molecule has 112 valence electrons. The quantitative estimate of drug-likeness (QED) is 0.899. The number of hydrogen-bond donors (Lipinski definition) is 1. The third kappa shape index (κ3) is 4.08. The minimum atomic E-state index is -0.131. The van der Waals surface area contributed by atoms with E-state index in [1.165, 1.54) is 5.56 Å². The fourth-order valence-electron chi connectivity index (χ4n) is 2.27. The number of nitrogens with two attached hydrogens (primary N) is 1. The molecule has 2 rings (SSSR count). The van der Waals surface area contributed by atoms with Crippen molar-refractivity contribution in [3.8, 4) is 5.75 Å². The van der Waals surface area contributed by atoms with E-state index in [1.54, 1.807) is 0 Å². The molecule has 0 aliphatic rings. The Balaban J connectivity index is 2.04. The third-order valence-corrected chi connectivity index (χ3v) is 3.73. The maximum Gasteiger partial charge on any atom is 0.119 e. The van der Waals surface area contributed by atoms with Gasteiger partial charge in [0, 0.05) is 0 Å². The predicted molar refractivity (Wildman–Crippen MR) is 88.6 cm³/mol. The van der Waals surface area contributed by atoms with Crippen LogP contribution in [0.15, 0.2) is 54.6 Å². The Morgan fingerprint density at radius 3 is 2.00 bits per heavy atom. The van der Waals surface area contributed by atoms with Crippen molar-refractivity contribution in [2.45, 2.75) is 45.3 Å². The molecular weight excluding hydrogens is 258 g/mol. The molecule has 21 heavy (non-hydrogen) atoms. The fraction of sp³-hybridized carbons (Fsp3) is 0.368. The highest BCUT2D eigenvalue weighted by molar-refractivity contribution is 5.31. The van der Waals surface area contributed by atoms with Gasteiger partial charge < -0.3 is 10.5 Å². The van der Waals surface area contributed by atoms with E-state index in [-0.39, 0.29) is 17.6 Å². The van der Waals surface area contributed by atoms with Crippen LogP contribution in [-0.2, 0) is 5.41 Å². The van der Waals surface area contributed by atoms with Crippen molar-refractivity contribution < 1.29 is 4.74 Å². The maximum absolute atomic E-state index is 6.26. The van der Waals surface area contributed by atoms with Crippen LogP contribution in [-0.4, -0.2) is 6.10 Å². The molecule has 0 heterocycles. The number of rotatable bonds is 4. The van der Waals surface area contributed by atoms with Gasteiger partial charge in [-0.25, -0.2) is 0 Å². The van der Waals surface area contributed by atoms with Crippen molar-refractivity contribution in [1.82, 2.24) is 0 Å². The largest absolute Gasteiger partial charge is 0.489 e. The normalized spacial score (nSPS) is 14.5. The van der Waals surface area contributed by atoms with E-state index >= 15 is 0 Å². The van der Waals surface area contributed by atoms with Crippen molar-refractivity contribution >= 4 is 0 Å². The van der Waals surface area contributed by atoms with Crippen LogP contribution in [0.25, 0.3) is 0 Å². The van der Waals surface area contributed by atoms with Crippen LogP contribution in [0.2, 0.25) is 0 Å². The molecular formula is C19H25NO. The Kier molecular flexibility index (Phi) is 4.69. The van der Waals surface area contributed by atoms with E-state index in [1.807, 2.05) is 49.4 Å². The van der Waals surface area contributed by atoms with Crippen LogP contribution in [0.4, 0.5) is 0 Å². The van der Waals surface area contributed by atoms with Crippen molar-refractivity contribution in [1.29, 1.82) is 0 Å². The first-order valence-electron chi connectivity index (χ1n) is 7.45. The van der Waals surface area contributed by atoms with Gasteiger partial charge in [0.15, 0.2) is 0 Å². The van der Waals surface area contributed by atoms with Crippen LogP contribution in [0.1, 0.15) is 44.9 Å². The van der Waals surface area contributed by atoms with Gasteiger partial charge in [-0.05, 0) is 35.6 Å². The van der Waals surface area contributed by atoms with Gasteiger partial charge in [0.05, 0.1) is 6.04 Å². The lowest BCUT2D eigenvalue weighted by atomic mass is 9.87. The second-order valence-corrected chi connectivity index (χ2v) is 6.53. The summed E-state index contributed by atoms with van der Waals surface area (Å²) in [5, 5.41) is 0. The SMILES string of the molecule is CC(Oc1ccc(C(C)(C)C)cc1)C(N)c1ccccc1. The monoisotopic (exact) mass is 283 g/mol. The van der Waals surface area contributed by atoms with E-state index in [4.69, 9.17) is 10.5 Å². The van der Waals surface area contributed by atoms with Gasteiger partial charge in [0.25, 0.3) is 0 Å². The molecule has 0 aromatic heterocycles. The van der Waals surface area contributed by atoms with Gasteiger partial charge in [-0.2, -0.15) is 0 Å². The summed E-state index contributed by atoms with van der Waals surface area (Å²) in [4.78, 5) is 0. The smallest absolute Gasteiger partial charge is 0.119 e. The molecule has 0 aliphatic carbocycles. The first-order valence-corrected chi connectivity index (χ1v) is 7.45. The Bertz CT molecular complexity index is 554. The van der Waals surface area contributed by atoms with Crippen LogP contribution in [0.5, 0.6) is 5.75 Å². The van der Waals surface area contributed by atoms with Crippen molar-refractivity contribution in [3.05, 3.63) is 65.7 Å². The lowest BCUT2D eigenvalue weighted by Crippen LogP contribution is -2.28. The van der Waals surface area contributed by atoms with Crippen LogP contribution >= 0.6 is 0 Å². The average Bonchev–Trinajstić information content (AvgIpc) is 2.47. The highest BCUT2D eigenvalue weighted by Crippen LogP contribution is 2.26. The molecule has 0 radical (unpaired) electrons. The Hall–Kier alpha value is -1.80. The zero-order valence-corrected chi connectivity index (χ0v) is 13.3. The minimum absolute atomic E-state index is 0.0760. The topological polar surface area (TPSA) is 35.2 Å². The van der Waals surface area contributed by atoms with Gasteiger partial charge in [0.1, 0.15) is 11.9 Å². The summed E-state index contributed by atoms with van der Waals surface area (Å²) in [6.07, 6.45) is -0.0760. The summed E-state index contributed by atoms with van der Waals surface area (Å²) in [6, 6.07) is 18.2. The highest BCUT2D eigenvalue weighted by atomic mass is 16.5. The highest BCUT2D eigenvalue weighted by Gasteiger charge is 2.17. The molecule has 0 saturated heterocycles. The van der Waals surface area contributed by atoms with E-state index in [0.717, 1.165) is 11.3 Å². The molecule has 2 aromatic carbocycles. The minimum Gasteiger partial charge on any atom is -0.489 e. The van der Waals surface area contributed by atoms with Gasteiger partial charge >= 0.3 is 0 Å². The summed E-state index contributed by atoms with van der Waals surface area (Å²) in [6.45, 7) is 8.62. The molecule has 0 saturated carbocycles. The molecule has 2 aromatic rings. The molecule has 0 fully saturated rings. The molecule has 2 nitrogen and oxygen atoms in total. The lowest BCUT2D eigenvalue weighted by molar-refractivity contribution is 0.190.